The van der Waals surface area contributed by atoms with Gasteiger partial charge in [0.2, 0.25) is 0 Å². The lowest BCUT2D eigenvalue weighted by Crippen LogP contribution is -2.32. The predicted octanol–water partition coefficient (Wildman–Crippen LogP) is 6.59. The summed E-state index contributed by atoms with van der Waals surface area (Å²) in [5.41, 5.74) is 0.238. The van der Waals surface area contributed by atoms with E-state index in [1.807, 2.05) is 6.92 Å². The van der Waals surface area contributed by atoms with Crippen LogP contribution >= 0.6 is 22.9 Å². The average Bonchev–Trinajstić information content (AvgIpc) is 3.35. The van der Waals surface area contributed by atoms with Crippen molar-refractivity contribution in [2.45, 2.75) is 38.0 Å². The largest absolute Gasteiger partial charge is 0.478 e. The number of pyridine rings is 2. The Labute approximate surface area is 224 Å². The number of hydrogen-bond acceptors (Lipinski definition) is 7. The maximum absolute atomic E-state index is 13.1. The van der Waals surface area contributed by atoms with Gasteiger partial charge in [-0.05, 0) is 79.3 Å². The number of nitrogens with zero attached hydrogens (tertiary/aromatic N) is 3. The van der Waals surface area contributed by atoms with Crippen LogP contribution in [0.3, 0.4) is 0 Å². The van der Waals surface area contributed by atoms with E-state index in [1.165, 1.54) is 23.5 Å². The summed E-state index contributed by atoms with van der Waals surface area (Å²) in [5, 5.41) is 24.4. The van der Waals surface area contributed by atoms with Crippen molar-refractivity contribution in [3.63, 3.8) is 0 Å². The number of anilines is 2. The minimum absolute atomic E-state index is 0.000369. The molecule has 1 aromatic carbocycles. The number of hydrogen-bond donors (Lipinski definition) is 3. The molecule has 0 amide bonds. The number of aliphatic hydroxyl groups is 1. The second-order valence-corrected chi connectivity index (χ2v) is 10.4. The molecule has 0 bridgehead atoms. The molecule has 0 saturated carbocycles. The van der Waals surface area contributed by atoms with Gasteiger partial charge in [-0.2, -0.15) is 13.2 Å². The first-order valence-corrected chi connectivity index (χ1v) is 12.7. The van der Waals surface area contributed by atoms with Gasteiger partial charge in [-0.25, -0.2) is 19.7 Å². The summed E-state index contributed by atoms with van der Waals surface area (Å²) in [6.45, 7) is 1.82. The zero-order valence-corrected chi connectivity index (χ0v) is 21.4. The molecule has 196 valence electrons. The average molecular weight is 561 g/mol. The van der Waals surface area contributed by atoms with E-state index in [9.17, 15) is 28.2 Å². The number of fused-ring (bicyclic) bond motifs is 1. The summed E-state index contributed by atoms with van der Waals surface area (Å²) in [6, 6.07) is 8.28. The van der Waals surface area contributed by atoms with E-state index in [0.717, 1.165) is 23.9 Å². The first-order valence-electron chi connectivity index (χ1n) is 11.5. The van der Waals surface area contributed by atoms with E-state index in [4.69, 9.17) is 11.6 Å². The lowest BCUT2D eigenvalue weighted by atomic mass is 9.79. The van der Waals surface area contributed by atoms with Gasteiger partial charge in [0.25, 0.3) is 0 Å². The minimum Gasteiger partial charge on any atom is -0.478 e. The summed E-state index contributed by atoms with van der Waals surface area (Å²) in [7, 11) is 0. The molecule has 4 aromatic rings. The Morgan fingerprint density at radius 1 is 1.16 bits per heavy atom. The Hall–Kier alpha value is -3.54. The smallest absolute Gasteiger partial charge is 0.416 e. The quantitative estimate of drug-likeness (QED) is 0.252. The number of halogens is 4. The Kier molecular flexibility index (Phi) is 6.62. The highest BCUT2D eigenvalue weighted by Crippen LogP contribution is 2.45. The number of aromatic nitrogens is 3. The molecule has 3 heterocycles. The Morgan fingerprint density at radius 2 is 1.95 bits per heavy atom. The van der Waals surface area contributed by atoms with Crippen molar-refractivity contribution in [1.82, 2.24) is 15.0 Å². The van der Waals surface area contributed by atoms with Gasteiger partial charge in [0.05, 0.1) is 26.7 Å². The predicted molar refractivity (Wildman–Crippen MR) is 137 cm³/mol. The highest BCUT2D eigenvalue weighted by molar-refractivity contribution is 7.15. The third-order valence-corrected chi connectivity index (χ3v) is 7.76. The lowest BCUT2D eigenvalue weighted by Gasteiger charge is -2.33. The van der Waals surface area contributed by atoms with Crippen LogP contribution in [-0.4, -0.2) is 31.1 Å². The van der Waals surface area contributed by atoms with Gasteiger partial charge in [-0.3, -0.25) is 0 Å². The molecule has 38 heavy (non-hydrogen) atoms. The second-order valence-electron chi connectivity index (χ2n) is 9.01. The monoisotopic (exact) mass is 560 g/mol. The van der Waals surface area contributed by atoms with Crippen LogP contribution in [0.1, 0.15) is 50.5 Å². The molecular formula is C26H20ClF3N4O3S. The van der Waals surface area contributed by atoms with E-state index >= 15 is 0 Å². The molecule has 0 fully saturated rings. The fourth-order valence-corrected chi connectivity index (χ4v) is 5.77. The number of carboxylic acid groups (broad SMARTS) is 1. The normalized spacial score (nSPS) is 17.2. The molecule has 0 unspecified atom stereocenters. The van der Waals surface area contributed by atoms with E-state index in [-0.39, 0.29) is 16.4 Å². The molecular weight excluding hydrogens is 541 g/mol. The lowest BCUT2D eigenvalue weighted by molar-refractivity contribution is -0.137. The van der Waals surface area contributed by atoms with Crippen molar-refractivity contribution in [1.29, 1.82) is 0 Å². The molecule has 1 aliphatic rings. The second kappa shape index (κ2) is 9.64. The molecule has 0 radical (unpaired) electrons. The van der Waals surface area contributed by atoms with Crippen molar-refractivity contribution in [3.05, 3.63) is 86.6 Å². The van der Waals surface area contributed by atoms with Crippen molar-refractivity contribution in [2.24, 2.45) is 0 Å². The summed E-state index contributed by atoms with van der Waals surface area (Å²) < 4.78 is 39.2. The fraction of sp³-hybridized carbons (Fsp3) is 0.231. The molecule has 5 rings (SSSR count). The van der Waals surface area contributed by atoms with E-state index in [1.54, 1.807) is 18.3 Å². The van der Waals surface area contributed by atoms with Crippen LogP contribution in [0.25, 0.3) is 10.6 Å². The molecule has 12 heteroatoms. The maximum Gasteiger partial charge on any atom is 0.416 e. The van der Waals surface area contributed by atoms with E-state index < -0.39 is 23.3 Å². The van der Waals surface area contributed by atoms with Crippen LogP contribution < -0.4 is 5.32 Å². The van der Waals surface area contributed by atoms with Crippen molar-refractivity contribution >= 4 is 40.5 Å². The summed E-state index contributed by atoms with van der Waals surface area (Å²) in [4.78, 5) is 25.1. The molecule has 0 spiro atoms. The maximum atomic E-state index is 13.1. The zero-order chi connectivity index (χ0) is 27.2. The van der Waals surface area contributed by atoms with Crippen molar-refractivity contribution in [2.75, 3.05) is 5.32 Å². The number of aromatic carboxylic acids is 1. The van der Waals surface area contributed by atoms with Crippen LogP contribution in [0.2, 0.25) is 5.02 Å². The number of aryl methyl sites for hydroxylation is 2. The van der Waals surface area contributed by atoms with Gasteiger partial charge in [0.1, 0.15) is 22.2 Å². The summed E-state index contributed by atoms with van der Waals surface area (Å²) >= 11 is 7.44. The number of benzene rings is 1. The van der Waals surface area contributed by atoms with Gasteiger partial charge < -0.3 is 15.5 Å². The minimum atomic E-state index is -4.50. The number of rotatable bonds is 5. The van der Waals surface area contributed by atoms with Gasteiger partial charge in [0.15, 0.2) is 0 Å². The van der Waals surface area contributed by atoms with Crippen LogP contribution in [-0.2, 0) is 18.2 Å². The topological polar surface area (TPSA) is 108 Å². The SMILES string of the molecule is Cc1cc(Nc2cc(C(F)(F)F)ccn2)nc(-c2cnc([C@]3(O)CCCc4cc(C(=O)O)c(Cl)cc43)s2)c1. The molecule has 0 aliphatic heterocycles. The summed E-state index contributed by atoms with van der Waals surface area (Å²) in [5.74, 6) is -0.838. The van der Waals surface area contributed by atoms with Crippen LogP contribution in [0, 0.1) is 6.92 Å². The van der Waals surface area contributed by atoms with Gasteiger partial charge in [-0.1, -0.05) is 11.6 Å². The third kappa shape index (κ3) is 4.96. The number of alkyl halides is 3. The highest BCUT2D eigenvalue weighted by atomic mass is 35.5. The van der Waals surface area contributed by atoms with Crippen LogP contribution in [0.5, 0.6) is 0 Å². The number of nitrogens with one attached hydrogen (secondary N) is 1. The van der Waals surface area contributed by atoms with E-state index in [2.05, 4.69) is 20.3 Å². The molecule has 3 N–H and O–H groups in total. The van der Waals surface area contributed by atoms with Crippen LogP contribution in [0.15, 0.2) is 48.8 Å². The molecule has 1 aliphatic carbocycles. The van der Waals surface area contributed by atoms with Gasteiger partial charge in [0, 0.05) is 12.4 Å². The Bertz CT molecular complexity index is 1560. The zero-order valence-electron chi connectivity index (χ0n) is 19.8. The first-order chi connectivity index (χ1) is 17.9. The van der Waals surface area contributed by atoms with E-state index in [0.29, 0.717) is 51.8 Å². The van der Waals surface area contributed by atoms with Crippen LogP contribution in [0.4, 0.5) is 24.8 Å². The molecule has 7 nitrogen and oxygen atoms in total. The molecule has 0 saturated heterocycles. The standard InChI is InChI=1S/C26H20ClF3N4O3S/c1-13-7-19(33-22(8-13)34-21-10-15(4-6-31-21)26(28,29)30)20-12-32-24(38-20)25(37)5-2-3-14-9-16(23(35)36)18(27)11-17(14)25/h4,6-12,37H,2-3,5H2,1H3,(H,35,36)(H,31,33,34)/t25-/m0/s1. The van der Waals surface area contributed by atoms with Crippen molar-refractivity contribution < 1.29 is 28.2 Å². The number of thiazole rings is 1. The summed E-state index contributed by atoms with van der Waals surface area (Å²) in [6.07, 6.45) is -0.240. The molecule has 3 aromatic heterocycles. The highest BCUT2D eigenvalue weighted by Gasteiger charge is 2.40. The Balaban J connectivity index is 1.47. The van der Waals surface area contributed by atoms with Crippen molar-refractivity contribution in [3.8, 4) is 10.6 Å². The fourth-order valence-electron chi connectivity index (χ4n) is 4.51. The Morgan fingerprint density at radius 3 is 2.68 bits per heavy atom. The molecule has 1 atom stereocenters. The van der Waals surface area contributed by atoms with Gasteiger partial charge >= 0.3 is 12.1 Å². The number of carbonyl (C=O) groups is 1. The van der Waals surface area contributed by atoms with Gasteiger partial charge in [-0.15, -0.1) is 11.3 Å². The third-order valence-electron chi connectivity index (χ3n) is 6.28. The number of carboxylic acids is 1. The first kappa shape index (κ1) is 26.1.